The average molecular weight is 498 g/mol. The van der Waals surface area contributed by atoms with Crippen LogP contribution in [0.5, 0.6) is 5.75 Å². The van der Waals surface area contributed by atoms with Crippen LogP contribution < -0.4 is 10.1 Å². The quantitative estimate of drug-likeness (QED) is 0.371. The van der Waals surface area contributed by atoms with Crippen LogP contribution in [0.2, 0.25) is 15.1 Å². The monoisotopic (exact) mass is 496 g/mol. The van der Waals surface area contributed by atoms with Gasteiger partial charge in [0.25, 0.3) is 0 Å². The normalized spacial score (nSPS) is 14.3. The van der Waals surface area contributed by atoms with Crippen molar-refractivity contribution in [3.63, 3.8) is 0 Å². The predicted octanol–water partition coefficient (Wildman–Crippen LogP) is 6.27. The van der Waals surface area contributed by atoms with E-state index < -0.39 is 5.25 Å². The largest absolute Gasteiger partial charge is 0.484 e. The number of carbonyl (C=O) groups is 1. The first-order valence-corrected chi connectivity index (χ1v) is 11.7. The summed E-state index contributed by atoms with van der Waals surface area (Å²) in [7, 11) is 0. The second-order valence-corrected chi connectivity index (χ2v) is 9.65. The van der Waals surface area contributed by atoms with Crippen LogP contribution in [-0.4, -0.2) is 25.9 Å². The fourth-order valence-electron chi connectivity index (χ4n) is 2.93. The maximum Gasteiger partial charge on any atom is 0.237 e. The number of nitrogens with one attached hydrogen (secondary N) is 1. The van der Waals surface area contributed by atoms with Gasteiger partial charge in [0.2, 0.25) is 5.91 Å². The fourth-order valence-corrected chi connectivity index (χ4v) is 4.51. The lowest BCUT2D eigenvalue weighted by Crippen LogP contribution is -2.23. The molecule has 1 saturated carbocycles. The van der Waals surface area contributed by atoms with Crippen LogP contribution >= 0.6 is 46.6 Å². The second-order valence-electron chi connectivity index (χ2n) is 7.09. The molecule has 0 bridgehead atoms. The van der Waals surface area contributed by atoms with Gasteiger partial charge in [0.1, 0.15) is 12.4 Å². The van der Waals surface area contributed by atoms with Crippen molar-refractivity contribution >= 4 is 58.2 Å². The highest BCUT2D eigenvalue weighted by molar-refractivity contribution is 8.00. The molecule has 0 saturated heterocycles. The van der Waals surface area contributed by atoms with Crippen molar-refractivity contribution < 1.29 is 9.53 Å². The summed E-state index contributed by atoms with van der Waals surface area (Å²) in [4.78, 5) is 12.7. The van der Waals surface area contributed by atoms with Gasteiger partial charge in [-0.15, -0.1) is 10.2 Å². The molecule has 0 spiro atoms. The molecule has 162 valence electrons. The molecular formula is C21H19Cl3N4O2S. The van der Waals surface area contributed by atoms with E-state index in [0.29, 0.717) is 43.5 Å². The van der Waals surface area contributed by atoms with E-state index in [1.807, 2.05) is 25.1 Å². The molecule has 2 aromatic carbocycles. The molecule has 1 amide bonds. The molecular weight excluding hydrogens is 479 g/mol. The molecule has 1 aliphatic rings. The lowest BCUT2D eigenvalue weighted by Gasteiger charge is -2.14. The van der Waals surface area contributed by atoms with Crippen molar-refractivity contribution in [2.45, 2.75) is 42.8 Å². The lowest BCUT2D eigenvalue weighted by atomic mass is 10.3. The SMILES string of the molecule is CC(Sc1nnc(COc2ccccc2Cl)n1C1CC1)C(=O)Nc1ccc(Cl)cc1Cl. The van der Waals surface area contributed by atoms with Crippen LogP contribution in [0.1, 0.15) is 31.6 Å². The highest BCUT2D eigenvalue weighted by Crippen LogP contribution is 2.40. The molecule has 1 N–H and O–H groups in total. The van der Waals surface area contributed by atoms with Gasteiger partial charge in [0, 0.05) is 11.1 Å². The minimum atomic E-state index is -0.411. The average Bonchev–Trinajstić information content (AvgIpc) is 3.50. The molecule has 31 heavy (non-hydrogen) atoms. The summed E-state index contributed by atoms with van der Waals surface area (Å²) in [5.74, 6) is 1.11. The number of aromatic nitrogens is 3. The summed E-state index contributed by atoms with van der Waals surface area (Å²) in [5, 5.41) is 13.2. The number of para-hydroxylation sites is 1. The van der Waals surface area contributed by atoms with E-state index >= 15 is 0 Å². The summed E-state index contributed by atoms with van der Waals surface area (Å²) in [6.07, 6.45) is 2.09. The molecule has 1 unspecified atom stereocenters. The molecule has 1 atom stereocenters. The summed E-state index contributed by atoms with van der Waals surface area (Å²) in [6, 6.07) is 12.6. The molecule has 3 aromatic rings. The van der Waals surface area contributed by atoms with Gasteiger partial charge in [-0.1, -0.05) is 58.7 Å². The maximum atomic E-state index is 12.7. The number of thioether (sulfide) groups is 1. The number of halogens is 3. The Morgan fingerprint density at radius 2 is 1.97 bits per heavy atom. The number of anilines is 1. The van der Waals surface area contributed by atoms with Gasteiger partial charge in [-0.3, -0.25) is 9.36 Å². The van der Waals surface area contributed by atoms with E-state index in [-0.39, 0.29) is 12.5 Å². The number of rotatable bonds is 8. The Bertz CT molecular complexity index is 1100. The van der Waals surface area contributed by atoms with Gasteiger partial charge in [0.05, 0.1) is 21.0 Å². The maximum absolute atomic E-state index is 12.7. The Morgan fingerprint density at radius 1 is 1.19 bits per heavy atom. The number of nitrogens with zero attached hydrogens (tertiary/aromatic N) is 3. The van der Waals surface area contributed by atoms with Crippen LogP contribution in [0, 0.1) is 0 Å². The van der Waals surface area contributed by atoms with Gasteiger partial charge in [-0.25, -0.2) is 0 Å². The van der Waals surface area contributed by atoms with E-state index in [4.69, 9.17) is 39.5 Å². The first kappa shape index (κ1) is 22.3. The van der Waals surface area contributed by atoms with E-state index in [1.165, 1.54) is 11.8 Å². The Kier molecular flexibility index (Phi) is 6.96. The summed E-state index contributed by atoms with van der Waals surface area (Å²) in [5.41, 5.74) is 0.515. The van der Waals surface area contributed by atoms with Crippen molar-refractivity contribution in [1.82, 2.24) is 14.8 Å². The van der Waals surface area contributed by atoms with Crippen molar-refractivity contribution in [2.75, 3.05) is 5.32 Å². The Labute approximate surface area is 199 Å². The van der Waals surface area contributed by atoms with Gasteiger partial charge in [-0.05, 0) is 50.1 Å². The number of amides is 1. The minimum absolute atomic E-state index is 0.187. The Balaban J connectivity index is 1.44. The Hall–Kier alpha value is -1.93. The summed E-state index contributed by atoms with van der Waals surface area (Å²) >= 11 is 19.6. The predicted molar refractivity (Wildman–Crippen MR) is 124 cm³/mol. The van der Waals surface area contributed by atoms with Crippen LogP contribution in [0.4, 0.5) is 5.69 Å². The molecule has 0 radical (unpaired) electrons. The zero-order chi connectivity index (χ0) is 22.0. The highest BCUT2D eigenvalue weighted by Gasteiger charge is 2.31. The number of ether oxygens (including phenoxy) is 1. The van der Waals surface area contributed by atoms with E-state index in [0.717, 1.165) is 12.8 Å². The zero-order valence-electron chi connectivity index (χ0n) is 16.5. The number of carbonyl (C=O) groups excluding carboxylic acids is 1. The topological polar surface area (TPSA) is 69.0 Å². The molecule has 1 aliphatic carbocycles. The molecule has 0 aliphatic heterocycles. The van der Waals surface area contributed by atoms with Gasteiger partial charge in [-0.2, -0.15) is 0 Å². The third-order valence-corrected chi connectivity index (χ3v) is 6.60. The van der Waals surface area contributed by atoms with Gasteiger partial charge >= 0.3 is 0 Å². The molecule has 6 nitrogen and oxygen atoms in total. The van der Waals surface area contributed by atoms with E-state index in [9.17, 15) is 4.79 Å². The zero-order valence-corrected chi connectivity index (χ0v) is 19.6. The standard InChI is InChI=1S/C21H19Cl3N4O2S/c1-12(20(29)25-17-9-6-13(22)10-16(17)24)31-21-27-26-19(28(21)14-7-8-14)11-30-18-5-3-2-4-15(18)23/h2-6,9-10,12,14H,7-8,11H2,1H3,(H,25,29). The van der Waals surface area contributed by atoms with Crippen LogP contribution in [-0.2, 0) is 11.4 Å². The molecule has 10 heteroatoms. The summed E-state index contributed by atoms with van der Waals surface area (Å²) < 4.78 is 7.90. The van der Waals surface area contributed by atoms with Crippen molar-refractivity contribution in [3.8, 4) is 5.75 Å². The van der Waals surface area contributed by atoms with Gasteiger partial charge in [0.15, 0.2) is 11.0 Å². The van der Waals surface area contributed by atoms with Crippen molar-refractivity contribution in [3.05, 3.63) is 63.4 Å². The van der Waals surface area contributed by atoms with E-state index in [1.54, 1.807) is 24.3 Å². The second kappa shape index (κ2) is 9.69. The molecule has 1 aromatic heterocycles. The number of benzene rings is 2. The third-order valence-electron chi connectivity index (χ3n) is 4.68. The molecule has 4 rings (SSSR count). The van der Waals surface area contributed by atoms with Crippen molar-refractivity contribution in [1.29, 1.82) is 0 Å². The Morgan fingerprint density at radius 3 is 2.68 bits per heavy atom. The van der Waals surface area contributed by atoms with Gasteiger partial charge < -0.3 is 10.1 Å². The summed E-state index contributed by atoms with van der Waals surface area (Å²) in [6.45, 7) is 2.06. The number of hydrogen-bond acceptors (Lipinski definition) is 5. The first-order chi connectivity index (χ1) is 14.9. The lowest BCUT2D eigenvalue weighted by molar-refractivity contribution is -0.115. The molecule has 1 heterocycles. The minimum Gasteiger partial charge on any atom is -0.484 e. The van der Waals surface area contributed by atoms with Crippen LogP contribution in [0.15, 0.2) is 47.6 Å². The smallest absolute Gasteiger partial charge is 0.237 e. The third kappa shape index (κ3) is 5.47. The van der Waals surface area contributed by atoms with E-state index in [2.05, 4.69) is 20.1 Å². The fraction of sp³-hybridized carbons (Fsp3) is 0.286. The first-order valence-electron chi connectivity index (χ1n) is 9.66. The molecule has 1 fully saturated rings. The van der Waals surface area contributed by atoms with Crippen LogP contribution in [0.3, 0.4) is 0 Å². The highest BCUT2D eigenvalue weighted by atomic mass is 35.5. The van der Waals surface area contributed by atoms with Crippen molar-refractivity contribution in [2.24, 2.45) is 0 Å². The van der Waals surface area contributed by atoms with Crippen LogP contribution in [0.25, 0.3) is 0 Å². The number of hydrogen-bond donors (Lipinski definition) is 1.